The minimum Gasteiger partial charge on any atom is -0.267 e. The number of hydrazone groups is 1. The van der Waals surface area contributed by atoms with Gasteiger partial charge < -0.3 is 0 Å². The zero-order valence-corrected chi connectivity index (χ0v) is 11.4. The Morgan fingerprint density at radius 2 is 2.11 bits per heavy atom. The second-order valence-corrected chi connectivity index (χ2v) is 5.62. The molecule has 1 aromatic carbocycles. The molecule has 1 amide bonds. The van der Waals surface area contributed by atoms with Crippen molar-refractivity contribution in [2.24, 2.45) is 16.9 Å². The van der Waals surface area contributed by atoms with Gasteiger partial charge in [0.2, 0.25) is 0 Å². The normalized spacial score (nSPS) is 26.8. The summed E-state index contributed by atoms with van der Waals surface area (Å²) in [5, 5.41) is 4.23. The number of carbonyl (C=O) groups is 1. The van der Waals surface area contributed by atoms with E-state index in [2.05, 4.69) is 38.6 Å². The van der Waals surface area contributed by atoms with E-state index in [9.17, 15) is 4.79 Å². The molecule has 0 aromatic heterocycles. The number of nitrogens with one attached hydrogen (secondary N) is 1. The number of carbonyl (C=O) groups excluding carboxylic acids is 1. The van der Waals surface area contributed by atoms with Crippen molar-refractivity contribution < 1.29 is 4.79 Å². The van der Waals surface area contributed by atoms with Crippen LogP contribution in [0.15, 0.2) is 46.0 Å². The van der Waals surface area contributed by atoms with Crippen molar-refractivity contribution in [3.8, 4) is 0 Å². The van der Waals surface area contributed by atoms with Crippen molar-refractivity contribution in [2.45, 2.75) is 12.8 Å². The van der Waals surface area contributed by atoms with Gasteiger partial charge in [0.15, 0.2) is 0 Å². The second kappa shape index (κ2) is 4.69. The zero-order valence-electron chi connectivity index (χ0n) is 9.77. The minimum absolute atomic E-state index is 0.152. The predicted molar refractivity (Wildman–Crippen MR) is 74.4 cm³/mol. The standard InChI is InChI=1S/C14H13BrN2O/c15-11-6-4-9(5-7-11)14(18)17-16-13-8-10-2-1-3-12(10)13/h1,3-7,10,12H,2,8H2,(H,17,18)/b16-13-. The molecule has 1 N–H and O–H groups in total. The molecule has 2 aliphatic rings. The van der Waals surface area contributed by atoms with Gasteiger partial charge in [0, 0.05) is 21.7 Å². The van der Waals surface area contributed by atoms with Crippen molar-refractivity contribution in [3.05, 3.63) is 46.5 Å². The van der Waals surface area contributed by atoms with Crippen molar-refractivity contribution in [3.63, 3.8) is 0 Å². The predicted octanol–water partition coefficient (Wildman–Crippen LogP) is 3.13. The Hall–Kier alpha value is -1.42. The maximum atomic E-state index is 11.8. The molecule has 1 saturated carbocycles. The van der Waals surface area contributed by atoms with Crippen LogP contribution in [0.5, 0.6) is 0 Å². The number of benzene rings is 1. The second-order valence-electron chi connectivity index (χ2n) is 4.70. The molecular formula is C14H13BrN2O. The first kappa shape index (κ1) is 11.7. The largest absolute Gasteiger partial charge is 0.271 e. The summed E-state index contributed by atoms with van der Waals surface area (Å²) in [6.45, 7) is 0. The molecule has 2 atom stereocenters. The Morgan fingerprint density at radius 1 is 1.33 bits per heavy atom. The number of allylic oxidation sites excluding steroid dienone is 2. The van der Waals surface area contributed by atoms with Gasteiger partial charge in [0.05, 0.1) is 0 Å². The van der Waals surface area contributed by atoms with Crippen LogP contribution in [0.1, 0.15) is 23.2 Å². The van der Waals surface area contributed by atoms with Crippen LogP contribution in [0.4, 0.5) is 0 Å². The Labute approximate surface area is 114 Å². The molecule has 0 heterocycles. The highest BCUT2D eigenvalue weighted by Gasteiger charge is 2.37. The molecule has 2 unspecified atom stereocenters. The summed E-state index contributed by atoms with van der Waals surface area (Å²) < 4.78 is 0.961. The average Bonchev–Trinajstić information content (AvgIpc) is 2.72. The highest BCUT2D eigenvalue weighted by atomic mass is 79.9. The lowest BCUT2D eigenvalue weighted by atomic mass is 9.74. The lowest BCUT2D eigenvalue weighted by molar-refractivity contribution is 0.0954. The van der Waals surface area contributed by atoms with Gasteiger partial charge >= 0.3 is 0 Å². The SMILES string of the molecule is O=C(N/N=C1/CC2CC=CC12)c1ccc(Br)cc1. The van der Waals surface area contributed by atoms with Crippen LogP contribution in [0.2, 0.25) is 0 Å². The van der Waals surface area contributed by atoms with E-state index < -0.39 is 0 Å². The van der Waals surface area contributed by atoms with E-state index in [1.54, 1.807) is 12.1 Å². The third-order valence-corrected chi connectivity index (χ3v) is 4.08. The number of hydrogen-bond acceptors (Lipinski definition) is 2. The lowest BCUT2D eigenvalue weighted by Crippen LogP contribution is -2.35. The Bertz CT molecular complexity index is 533. The van der Waals surface area contributed by atoms with Gasteiger partial charge in [0.1, 0.15) is 0 Å². The molecule has 0 aliphatic heterocycles. The van der Waals surface area contributed by atoms with Crippen LogP contribution in [-0.2, 0) is 0 Å². The number of amides is 1. The quantitative estimate of drug-likeness (QED) is 0.662. The molecule has 0 spiro atoms. The Morgan fingerprint density at radius 3 is 2.83 bits per heavy atom. The van der Waals surface area contributed by atoms with E-state index in [1.165, 1.54) is 0 Å². The monoisotopic (exact) mass is 304 g/mol. The summed E-state index contributed by atoms with van der Waals surface area (Å²) in [5.41, 5.74) is 4.35. The minimum atomic E-state index is -0.152. The smallest absolute Gasteiger partial charge is 0.267 e. The summed E-state index contributed by atoms with van der Waals surface area (Å²) in [6.07, 6.45) is 6.57. The molecule has 3 nitrogen and oxygen atoms in total. The molecule has 3 rings (SSSR count). The van der Waals surface area contributed by atoms with Crippen molar-refractivity contribution in [1.82, 2.24) is 5.43 Å². The molecule has 0 bridgehead atoms. The van der Waals surface area contributed by atoms with Gasteiger partial charge in [-0.15, -0.1) is 0 Å². The van der Waals surface area contributed by atoms with E-state index in [0.717, 1.165) is 28.9 Å². The van der Waals surface area contributed by atoms with Crippen molar-refractivity contribution >= 4 is 27.5 Å². The zero-order chi connectivity index (χ0) is 12.5. The van der Waals surface area contributed by atoms with E-state index >= 15 is 0 Å². The van der Waals surface area contributed by atoms with Crippen LogP contribution < -0.4 is 5.43 Å². The summed E-state index contributed by atoms with van der Waals surface area (Å²) in [5.74, 6) is 1.05. The van der Waals surface area contributed by atoms with Crippen molar-refractivity contribution in [2.75, 3.05) is 0 Å². The average molecular weight is 305 g/mol. The molecule has 92 valence electrons. The fraction of sp³-hybridized carbons (Fsp3) is 0.286. The van der Waals surface area contributed by atoms with Gasteiger partial charge in [-0.05, 0) is 43.0 Å². The van der Waals surface area contributed by atoms with Crippen LogP contribution in [0.3, 0.4) is 0 Å². The van der Waals surface area contributed by atoms with Crippen LogP contribution in [0.25, 0.3) is 0 Å². The highest BCUT2D eigenvalue weighted by molar-refractivity contribution is 9.10. The van der Waals surface area contributed by atoms with Gasteiger partial charge in [-0.3, -0.25) is 4.79 Å². The van der Waals surface area contributed by atoms with E-state index in [1.807, 2.05) is 12.1 Å². The van der Waals surface area contributed by atoms with Gasteiger partial charge in [-0.25, -0.2) is 5.43 Å². The molecular weight excluding hydrogens is 292 g/mol. The molecule has 2 aliphatic carbocycles. The molecule has 18 heavy (non-hydrogen) atoms. The van der Waals surface area contributed by atoms with E-state index in [-0.39, 0.29) is 5.91 Å². The summed E-state index contributed by atoms with van der Waals surface area (Å²) in [4.78, 5) is 11.8. The van der Waals surface area contributed by atoms with E-state index in [0.29, 0.717) is 11.5 Å². The fourth-order valence-electron chi connectivity index (χ4n) is 2.45. The van der Waals surface area contributed by atoms with Crippen LogP contribution in [-0.4, -0.2) is 11.6 Å². The topological polar surface area (TPSA) is 41.5 Å². The summed E-state index contributed by atoms with van der Waals surface area (Å²) >= 11 is 3.34. The third-order valence-electron chi connectivity index (χ3n) is 3.55. The molecule has 0 radical (unpaired) electrons. The molecule has 4 heteroatoms. The summed E-state index contributed by atoms with van der Waals surface area (Å²) in [6, 6.07) is 7.25. The number of fused-ring (bicyclic) bond motifs is 1. The summed E-state index contributed by atoms with van der Waals surface area (Å²) in [7, 11) is 0. The molecule has 1 aromatic rings. The van der Waals surface area contributed by atoms with Crippen LogP contribution >= 0.6 is 15.9 Å². The maximum Gasteiger partial charge on any atom is 0.271 e. The number of nitrogens with zero attached hydrogens (tertiary/aromatic N) is 1. The first-order valence-corrected chi connectivity index (χ1v) is 6.82. The first-order chi connectivity index (χ1) is 8.74. The fourth-order valence-corrected chi connectivity index (χ4v) is 2.71. The molecule has 0 saturated heterocycles. The Balaban J connectivity index is 1.63. The van der Waals surface area contributed by atoms with E-state index in [4.69, 9.17) is 0 Å². The number of hydrogen-bond donors (Lipinski definition) is 1. The Kier molecular flexibility index (Phi) is 3.04. The van der Waals surface area contributed by atoms with Gasteiger partial charge in [-0.1, -0.05) is 28.1 Å². The van der Waals surface area contributed by atoms with Crippen LogP contribution in [0, 0.1) is 11.8 Å². The van der Waals surface area contributed by atoms with Gasteiger partial charge in [0.25, 0.3) is 5.91 Å². The molecule has 1 fully saturated rings. The maximum absolute atomic E-state index is 11.8. The number of rotatable bonds is 2. The third kappa shape index (κ3) is 2.12. The first-order valence-electron chi connectivity index (χ1n) is 6.03. The van der Waals surface area contributed by atoms with Gasteiger partial charge in [-0.2, -0.15) is 5.10 Å². The highest BCUT2D eigenvalue weighted by Crippen LogP contribution is 2.40. The lowest BCUT2D eigenvalue weighted by Gasteiger charge is -2.31. The van der Waals surface area contributed by atoms with Crippen molar-refractivity contribution in [1.29, 1.82) is 0 Å². The number of halogens is 1.